The second kappa shape index (κ2) is 8.37. The minimum Gasteiger partial charge on any atom is -0.338 e. The van der Waals surface area contributed by atoms with Gasteiger partial charge in [0, 0.05) is 19.6 Å². The number of urea groups is 1. The number of hydrogen-bond acceptors (Lipinski definition) is 1. The molecule has 1 aliphatic rings. The summed E-state index contributed by atoms with van der Waals surface area (Å²) in [4.78, 5) is 14.0. The van der Waals surface area contributed by atoms with Crippen LogP contribution in [-0.4, -0.2) is 30.6 Å². The average Bonchev–Trinajstić information content (AvgIpc) is 2.84. The Morgan fingerprint density at radius 2 is 1.88 bits per heavy atom. The van der Waals surface area contributed by atoms with E-state index >= 15 is 0 Å². The van der Waals surface area contributed by atoms with Gasteiger partial charge in [0.2, 0.25) is 0 Å². The van der Waals surface area contributed by atoms with Crippen molar-refractivity contribution in [3.05, 3.63) is 0 Å². The highest BCUT2D eigenvalue weighted by molar-refractivity contribution is 5.74. The first-order valence-electron chi connectivity index (χ1n) is 7.30. The molecule has 0 heterocycles. The topological polar surface area (TPSA) is 32.3 Å². The van der Waals surface area contributed by atoms with E-state index in [4.69, 9.17) is 0 Å². The monoisotopic (exact) mass is 240 g/mol. The van der Waals surface area contributed by atoms with Crippen LogP contribution < -0.4 is 5.32 Å². The van der Waals surface area contributed by atoms with Crippen molar-refractivity contribution in [2.24, 2.45) is 5.92 Å². The first kappa shape index (κ1) is 14.3. The molecule has 0 unspecified atom stereocenters. The van der Waals surface area contributed by atoms with Gasteiger partial charge >= 0.3 is 6.03 Å². The van der Waals surface area contributed by atoms with Crippen LogP contribution in [0.1, 0.15) is 58.8 Å². The third kappa shape index (κ3) is 5.42. The molecule has 0 aromatic heterocycles. The van der Waals surface area contributed by atoms with Crippen molar-refractivity contribution in [1.29, 1.82) is 0 Å². The second-order valence-electron chi connectivity index (χ2n) is 5.18. The van der Waals surface area contributed by atoms with Crippen LogP contribution in [0.15, 0.2) is 0 Å². The molecular formula is C14H28N2O. The molecule has 3 nitrogen and oxygen atoms in total. The first-order valence-corrected chi connectivity index (χ1v) is 7.30. The lowest BCUT2D eigenvalue weighted by molar-refractivity contribution is 0.195. The highest BCUT2D eigenvalue weighted by Gasteiger charge is 2.17. The largest absolute Gasteiger partial charge is 0.338 e. The van der Waals surface area contributed by atoms with E-state index in [1.54, 1.807) is 0 Å². The zero-order valence-corrected chi connectivity index (χ0v) is 11.5. The molecule has 1 fully saturated rings. The van der Waals surface area contributed by atoms with Gasteiger partial charge in [-0.3, -0.25) is 0 Å². The molecule has 1 saturated carbocycles. The molecular weight excluding hydrogens is 212 g/mol. The number of nitrogens with one attached hydrogen (secondary N) is 1. The van der Waals surface area contributed by atoms with Crippen molar-refractivity contribution in [2.75, 3.05) is 19.6 Å². The van der Waals surface area contributed by atoms with Crippen molar-refractivity contribution in [3.63, 3.8) is 0 Å². The number of rotatable bonds is 7. The van der Waals surface area contributed by atoms with Crippen LogP contribution in [0.4, 0.5) is 4.79 Å². The summed E-state index contributed by atoms with van der Waals surface area (Å²) in [5, 5.41) is 3.11. The lowest BCUT2D eigenvalue weighted by Gasteiger charge is -2.23. The number of hydrogen-bond donors (Lipinski definition) is 1. The van der Waals surface area contributed by atoms with Crippen LogP contribution in [0.25, 0.3) is 0 Å². The maximum absolute atomic E-state index is 12.0. The van der Waals surface area contributed by atoms with Crippen molar-refractivity contribution in [1.82, 2.24) is 10.2 Å². The summed E-state index contributed by atoms with van der Waals surface area (Å²) in [5.74, 6) is 0.730. The zero-order chi connectivity index (χ0) is 12.5. The molecule has 0 bridgehead atoms. The Hall–Kier alpha value is -0.730. The SMILES string of the molecule is CCCCN(CCC)C(=O)NCC1CCCC1. The first-order chi connectivity index (χ1) is 8.27. The molecule has 0 aromatic carbocycles. The molecule has 0 aromatic rings. The Morgan fingerprint density at radius 3 is 2.47 bits per heavy atom. The predicted molar refractivity (Wildman–Crippen MR) is 72.1 cm³/mol. The lowest BCUT2D eigenvalue weighted by atomic mass is 10.1. The molecule has 0 saturated heterocycles. The van der Waals surface area contributed by atoms with E-state index in [-0.39, 0.29) is 6.03 Å². The molecule has 0 spiro atoms. The highest BCUT2D eigenvalue weighted by atomic mass is 16.2. The van der Waals surface area contributed by atoms with Crippen LogP contribution in [0.2, 0.25) is 0 Å². The van der Waals surface area contributed by atoms with Crippen LogP contribution in [0.5, 0.6) is 0 Å². The summed E-state index contributed by atoms with van der Waals surface area (Å²) in [6, 6.07) is 0.146. The Balaban J connectivity index is 2.24. The van der Waals surface area contributed by atoms with Crippen LogP contribution in [0.3, 0.4) is 0 Å². The van der Waals surface area contributed by atoms with E-state index in [2.05, 4.69) is 19.2 Å². The lowest BCUT2D eigenvalue weighted by Crippen LogP contribution is -2.42. The van der Waals surface area contributed by atoms with Gasteiger partial charge in [-0.1, -0.05) is 33.1 Å². The van der Waals surface area contributed by atoms with Gasteiger partial charge in [-0.2, -0.15) is 0 Å². The molecule has 100 valence electrons. The standard InChI is InChI=1S/C14H28N2O/c1-3-5-11-16(10-4-2)14(17)15-12-13-8-6-7-9-13/h13H,3-12H2,1-2H3,(H,15,17). The summed E-state index contributed by atoms with van der Waals surface area (Å²) in [6.07, 6.45) is 8.57. The van der Waals surface area contributed by atoms with E-state index < -0.39 is 0 Å². The number of amides is 2. The van der Waals surface area contributed by atoms with Crippen LogP contribution >= 0.6 is 0 Å². The van der Waals surface area contributed by atoms with Gasteiger partial charge in [-0.15, -0.1) is 0 Å². The average molecular weight is 240 g/mol. The predicted octanol–water partition coefficient (Wildman–Crippen LogP) is 3.40. The number of carbonyl (C=O) groups excluding carboxylic acids is 1. The Kier molecular flexibility index (Phi) is 7.06. The Labute approximate surface area is 106 Å². The molecule has 1 rings (SSSR count). The Morgan fingerprint density at radius 1 is 1.18 bits per heavy atom. The summed E-state index contributed by atoms with van der Waals surface area (Å²) in [7, 11) is 0. The third-order valence-electron chi connectivity index (χ3n) is 3.58. The van der Waals surface area contributed by atoms with Crippen molar-refractivity contribution < 1.29 is 4.79 Å². The zero-order valence-electron chi connectivity index (χ0n) is 11.5. The van der Waals surface area contributed by atoms with E-state index in [0.717, 1.165) is 44.8 Å². The molecule has 0 aliphatic heterocycles. The van der Waals surface area contributed by atoms with Gasteiger partial charge in [0.1, 0.15) is 0 Å². The van der Waals surface area contributed by atoms with Gasteiger partial charge in [-0.25, -0.2) is 4.79 Å². The molecule has 1 N–H and O–H groups in total. The van der Waals surface area contributed by atoms with Gasteiger partial charge in [-0.05, 0) is 31.6 Å². The normalized spacial score (nSPS) is 16.1. The highest BCUT2D eigenvalue weighted by Crippen LogP contribution is 2.23. The molecule has 3 heteroatoms. The third-order valence-corrected chi connectivity index (χ3v) is 3.58. The molecule has 2 amide bonds. The fourth-order valence-electron chi connectivity index (χ4n) is 2.49. The van der Waals surface area contributed by atoms with Gasteiger partial charge in [0.25, 0.3) is 0 Å². The molecule has 17 heavy (non-hydrogen) atoms. The van der Waals surface area contributed by atoms with Gasteiger partial charge in [0.05, 0.1) is 0 Å². The maximum Gasteiger partial charge on any atom is 0.317 e. The molecule has 0 radical (unpaired) electrons. The van der Waals surface area contributed by atoms with Crippen molar-refractivity contribution >= 4 is 6.03 Å². The maximum atomic E-state index is 12.0. The molecule has 0 atom stereocenters. The van der Waals surface area contributed by atoms with Crippen molar-refractivity contribution in [3.8, 4) is 0 Å². The minimum absolute atomic E-state index is 0.146. The summed E-state index contributed by atoms with van der Waals surface area (Å²) < 4.78 is 0. The Bertz CT molecular complexity index is 212. The van der Waals surface area contributed by atoms with Gasteiger partial charge < -0.3 is 10.2 Å². The van der Waals surface area contributed by atoms with E-state index in [0.29, 0.717) is 0 Å². The van der Waals surface area contributed by atoms with Gasteiger partial charge in [0.15, 0.2) is 0 Å². The second-order valence-corrected chi connectivity index (χ2v) is 5.18. The fraction of sp³-hybridized carbons (Fsp3) is 0.929. The van der Waals surface area contributed by atoms with E-state index in [9.17, 15) is 4.79 Å². The summed E-state index contributed by atoms with van der Waals surface area (Å²) >= 11 is 0. The van der Waals surface area contributed by atoms with E-state index in [1.165, 1.54) is 25.7 Å². The van der Waals surface area contributed by atoms with Crippen LogP contribution in [-0.2, 0) is 0 Å². The van der Waals surface area contributed by atoms with Crippen molar-refractivity contribution in [2.45, 2.75) is 58.8 Å². The fourth-order valence-corrected chi connectivity index (χ4v) is 2.49. The number of carbonyl (C=O) groups is 1. The smallest absolute Gasteiger partial charge is 0.317 e. The minimum atomic E-state index is 0.146. The number of unbranched alkanes of at least 4 members (excludes halogenated alkanes) is 1. The summed E-state index contributed by atoms with van der Waals surface area (Å²) in [5.41, 5.74) is 0. The quantitative estimate of drug-likeness (QED) is 0.727. The van der Waals surface area contributed by atoms with E-state index in [1.807, 2.05) is 4.90 Å². The number of nitrogens with zero attached hydrogens (tertiary/aromatic N) is 1. The summed E-state index contributed by atoms with van der Waals surface area (Å²) in [6.45, 7) is 6.96. The molecule has 1 aliphatic carbocycles. The van der Waals surface area contributed by atoms with Crippen LogP contribution in [0, 0.1) is 5.92 Å².